The van der Waals surface area contributed by atoms with Crippen LogP contribution in [0.2, 0.25) is 5.02 Å². The average molecular weight is 542 g/mol. The van der Waals surface area contributed by atoms with Crippen molar-refractivity contribution < 1.29 is 4.79 Å². The molecule has 0 saturated carbocycles. The van der Waals surface area contributed by atoms with Gasteiger partial charge < -0.3 is 15.2 Å². The minimum Gasteiger partial charge on any atom is -0.378 e. The summed E-state index contributed by atoms with van der Waals surface area (Å²) in [5.74, 6) is 1.03. The molecule has 0 saturated heterocycles. The molecule has 0 aliphatic heterocycles. The second kappa shape index (κ2) is 10.3. The van der Waals surface area contributed by atoms with Crippen LogP contribution in [0.5, 0.6) is 0 Å². The lowest BCUT2D eigenvalue weighted by Crippen LogP contribution is -2.15. The van der Waals surface area contributed by atoms with Crippen LogP contribution in [-0.4, -0.2) is 26.4 Å². The normalized spacial score (nSPS) is 10.8. The predicted molar refractivity (Wildman–Crippen MR) is 128 cm³/mol. The summed E-state index contributed by atoms with van der Waals surface area (Å²) in [5.41, 5.74) is 2.84. The van der Waals surface area contributed by atoms with Gasteiger partial charge in [0, 0.05) is 26.5 Å². The molecule has 2 aromatic carbocycles. The monoisotopic (exact) mass is 541 g/mol. The summed E-state index contributed by atoms with van der Waals surface area (Å²) in [6.45, 7) is 5.29. The Balaban J connectivity index is 1.58. The number of thioether (sulfide) groups is 1. The van der Waals surface area contributed by atoms with Gasteiger partial charge in [-0.25, -0.2) is 0 Å². The number of nitrogens with one attached hydrogen (secondary N) is 2. The number of amides is 1. The van der Waals surface area contributed by atoms with Gasteiger partial charge in [0.05, 0.1) is 12.3 Å². The van der Waals surface area contributed by atoms with Gasteiger partial charge in [0.2, 0.25) is 5.91 Å². The van der Waals surface area contributed by atoms with Gasteiger partial charge in [-0.15, -0.1) is 10.2 Å². The Labute approximate surface area is 193 Å². The van der Waals surface area contributed by atoms with E-state index < -0.39 is 0 Å². The summed E-state index contributed by atoms with van der Waals surface area (Å²) in [6.07, 6.45) is 0. The maximum Gasteiger partial charge on any atom is 0.234 e. The maximum absolute atomic E-state index is 12.4. The van der Waals surface area contributed by atoms with E-state index in [1.807, 2.05) is 60.9 Å². The van der Waals surface area contributed by atoms with Gasteiger partial charge in [-0.3, -0.25) is 4.79 Å². The van der Waals surface area contributed by atoms with Gasteiger partial charge in [0.25, 0.3) is 0 Å². The summed E-state index contributed by atoms with van der Waals surface area (Å²) in [6, 6.07) is 13.5. The van der Waals surface area contributed by atoms with Crippen molar-refractivity contribution in [2.45, 2.75) is 32.1 Å². The van der Waals surface area contributed by atoms with E-state index in [1.54, 1.807) is 0 Å². The van der Waals surface area contributed by atoms with E-state index in [2.05, 4.69) is 43.4 Å². The van der Waals surface area contributed by atoms with E-state index in [-0.39, 0.29) is 11.7 Å². The number of aryl methyl sites for hydroxylation is 1. The van der Waals surface area contributed by atoms with E-state index in [1.165, 1.54) is 11.8 Å². The van der Waals surface area contributed by atoms with Crippen LogP contribution in [0.4, 0.5) is 11.4 Å². The molecule has 29 heavy (non-hydrogen) atoms. The van der Waals surface area contributed by atoms with Gasteiger partial charge in [0.1, 0.15) is 0 Å². The zero-order chi connectivity index (χ0) is 20.8. The SMILES string of the molecule is CCn1c(CNc2ccc(Cl)cc2)nnc1SCC(=O)Nc1ccc(I)cc1C. The predicted octanol–water partition coefficient (Wildman–Crippen LogP) is 5.21. The molecule has 1 heterocycles. The van der Waals surface area contributed by atoms with Gasteiger partial charge in [-0.05, 0) is 84.5 Å². The molecule has 0 spiro atoms. The minimum atomic E-state index is -0.0641. The van der Waals surface area contributed by atoms with Crippen molar-refractivity contribution in [3.63, 3.8) is 0 Å². The highest BCUT2D eigenvalue weighted by atomic mass is 127. The Kier molecular flexibility index (Phi) is 7.79. The molecule has 9 heteroatoms. The van der Waals surface area contributed by atoms with Crippen molar-refractivity contribution in [1.82, 2.24) is 14.8 Å². The minimum absolute atomic E-state index is 0.0641. The molecule has 0 radical (unpaired) electrons. The van der Waals surface area contributed by atoms with E-state index in [0.29, 0.717) is 11.6 Å². The van der Waals surface area contributed by atoms with E-state index in [9.17, 15) is 4.79 Å². The van der Waals surface area contributed by atoms with E-state index in [4.69, 9.17) is 11.6 Å². The van der Waals surface area contributed by atoms with Gasteiger partial charge in [-0.2, -0.15) is 0 Å². The number of hydrogen-bond donors (Lipinski definition) is 2. The van der Waals surface area contributed by atoms with E-state index >= 15 is 0 Å². The molecule has 0 unspecified atom stereocenters. The third kappa shape index (κ3) is 6.10. The van der Waals surface area contributed by atoms with Crippen molar-refractivity contribution in [1.29, 1.82) is 0 Å². The molecular weight excluding hydrogens is 521 g/mol. The Morgan fingerprint density at radius 2 is 1.97 bits per heavy atom. The van der Waals surface area contributed by atoms with Crippen molar-refractivity contribution in [3.05, 3.63) is 62.4 Å². The van der Waals surface area contributed by atoms with Crippen LogP contribution in [-0.2, 0) is 17.9 Å². The van der Waals surface area contributed by atoms with Crippen molar-refractivity contribution in [3.8, 4) is 0 Å². The van der Waals surface area contributed by atoms with Crippen LogP contribution in [0.1, 0.15) is 18.3 Å². The van der Waals surface area contributed by atoms with E-state index in [0.717, 1.165) is 38.0 Å². The fourth-order valence-corrected chi connectivity index (χ4v) is 4.30. The van der Waals surface area contributed by atoms with Crippen molar-refractivity contribution >= 4 is 63.2 Å². The van der Waals surface area contributed by atoms with Crippen LogP contribution in [0.25, 0.3) is 0 Å². The van der Waals surface area contributed by atoms with Crippen molar-refractivity contribution in [2.75, 3.05) is 16.4 Å². The zero-order valence-corrected chi connectivity index (χ0v) is 19.8. The van der Waals surface area contributed by atoms with Crippen LogP contribution < -0.4 is 10.6 Å². The summed E-state index contributed by atoms with van der Waals surface area (Å²) >= 11 is 9.56. The number of aromatic nitrogens is 3. The van der Waals surface area contributed by atoms with Crippen LogP contribution in [0.3, 0.4) is 0 Å². The Morgan fingerprint density at radius 1 is 1.21 bits per heavy atom. The molecule has 3 aromatic rings. The molecule has 0 bridgehead atoms. The molecular formula is C20H21ClIN5OS. The standard InChI is InChI=1S/C20H21ClIN5OS/c1-3-27-18(11-23-16-7-4-14(21)5-8-16)25-26-20(27)29-12-19(28)24-17-9-6-15(22)10-13(17)2/h4-10,23H,3,11-12H2,1-2H3,(H,24,28). The molecule has 1 amide bonds. The maximum atomic E-state index is 12.4. The first kappa shape index (κ1) is 21.9. The Morgan fingerprint density at radius 3 is 2.66 bits per heavy atom. The largest absolute Gasteiger partial charge is 0.378 e. The molecule has 152 valence electrons. The highest BCUT2D eigenvalue weighted by molar-refractivity contribution is 14.1. The number of nitrogens with zero attached hydrogens (tertiary/aromatic N) is 3. The summed E-state index contributed by atoms with van der Waals surface area (Å²) < 4.78 is 3.15. The van der Waals surface area contributed by atoms with Crippen molar-refractivity contribution in [2.24, 2.45) is 0 Å². The van der Waals surface area contributed by atoms with Gasteiger partial charge in [0.15, 0.2) is 11.0 Å². The number of halogens is 2. The zero-order valence-electron chi connectivity index (χ0n) is 16.1. The number of benzene rings is 2. The molecule has 0 fully saturated rings. The second-order valence-electron chi connectivity index (χ2n) is 6.30. The van der Waals surface area contributed by atoms with Gasteiger partial charge >= 0.3 is 0 Å². The van der Waals surface area contributed by atoms with Crippen LogP contribution in [0.15, 0.2) is 47.6 Å². The fraction of sp³-hybridized carbons (Fsp3) is 0.250. The lowest BCUT2D eigenvalue weighted by atomic mass is 10.2. The van der Waals surface area contributed by atoms with Crippen LogP contribution in [0, 0.1) is 10.5 Å². The average Bonchev–Trinajstić information content (AvgIpc) is 3.10. The lowest BCUT2D eigenvalue weighted by molar-refractivity contribution is -0.113. The smallest absolute Gasteiger partial charge is 0.234 e. The highest BCUT2D eigenvalue weighted by Crippen LogP contribution is 2.21. The molecule has 0 aliphatic rings. The Hall–Kier alpha value is -1.78. The fourth-order valence-electron chi connectivity index (χ4n) is 2.71. The molecule has 0 atom stereocenters. The quantitative estimate of drug-likeness (QED) is 0.303. The third-order valence-corrected chi connectivity index (χ3v) is 6.09. The number of anilines is 2. The van der Waals surface area contributed by atoms with Crippen LogP contribution >= 0.6 is 46.0 Å². The molecule has 1 aromatic heterocycles. The molecule has 2 N–H and O–H groups in total. The number of carbonyl (C=O) groups excluding carboxylic acids is 1. The Bertz CT molecular complexity index is 993. The first-order chi connectivity index (χ1) is 14.0. The first-order valence-electron chi connectivity index (χ1n) is 9.06. The number of carbonyl (C=O) groups is 1. The topological polar surface area (TPSA) is 71.8 Å². The first-order valence-corrected chi connectivity index (χ1v) is 11.5. The molecule has 0 aliphatic carbocycles. The number of hydrogen-bond acceptors (Lipinski definition) is 5. The third-order valence-electron chi connectivity index (χ3n) is 4.20. The molecule has 3 rings (SSSR count). The lowest BCUT2D eigenvalue weighted by Gasteiger charge is -2.10. The van der Waals surface area contributed by atoms with Gasteiger partial charge in [-0.1, -0.05) is 23.4 Å². The summed E-state index contributed by atoms with van der Waals surface area (Å²) in [5, 5.41) is 16.2. The highest BCUT2D eigenvalue weighted by Gasteiger charge is 2.13. The second-order valence-corrected chi connectivity index (χ2v) is 8.92. The summed E-state index contributed by atoms with van der Waals surface area (Å²) in [7, 11) is 0. The number of rotatable bonds is 8. The molecule has 6 nitrogen and oxygen atoms in total. The summed E-state index contributed by atoms with van der Waals surface area (Å²) in [4.78, 5) is 12.4.